The van der Waals surface area contributed by atoms with Crippen LogP contribution in [0.3, 0.4) is 0 Å². The summed E-state index contributed by atoms with van der Waals surface area (Å²) in [7, 11) is -2.54. The highest BCUT2D eigenvalue weighted by Crippen LogP contribution is 2.31. The fourth-order valence-corrected chi connectivity index (χ4v) is 4.96. The number of hydrogen-bond acceptors (Lipinski definition) is 6. The predicted molar refractivity (Wildman–Crippen MR) is 128 cm³/mol. The Hall–Kier alpha value is -2.39. The third-order valence-electron chi connectivity index (χ3n) is 4.98. The van der Waals surface area contributed by atoms with Gasteiger partial charge in [0.1, 0.15) is 17.4 Å². The first-order valence-corrected chi connectivity index (χ1v) is 12.5. The Balaban J connectivity index is 1.96. The number of esters is 1. The molecule has 0 bridgehead atoms. The molecule has 0 amide bonds. The summed E-state index contributed by atoms with van der Waals surface area (Å²) in [5, 5.41) is 1.47. The van der Waals surface area contributed by atoms with E-state index in [2.05, 4.69) is 4.98 Å². The summed E-state index contributed by atoms with van der Waals surface area (Å²) in [6.45, 7) is 1.74. The van der Waals surface area contributed by atoms with E-state index in [-0.39, 0.29) is 23.2 Å². The third kappa shape index (κ3) is 6.14. The van der Waals surface area contributed by atoms with Crippen LogP contribution in [0.15, 0.2) is 53.6 Å². The summed E-state index contributed by atoms with van der Waals surface area (Å²) in [5.41, 5.74) is 0.685. The molecule has 0 unspecified atom stereocenters. The normalized spacial score (nSPS) is 11.7. The number of carbonyl (C=O) groups excluding carboxylic acids is 1. The van der Waals surface area contributed by atoms with Crippen LogP contribution in [0, 0.1) is 0 Å². The smallest absolute Gasteiger partial charge is 0.321 e. The van der Waals surface area contributed by atoms with Gasteiger partial charge in [-0.15, -0.1) is 0 Å². The molecule has 10 heteroatoms. The van der Waals surface area contributed by atoms with Crippen molar-refractivity contribution in [2.24, 2.45) is 0 Å². The van der Waals surface area contributed by atoms with Gasteiger partial charge in [0, 0.05) is 23.5 Å². The van der Waals surface area contributed by atoms with Crippen LogP contribution in [-0.4, -0.2) is 43.9 Å². The number of rotatable bonds is 10. The Bertz CT molecular complexity index is 1230. The van der Waals surface area contributed by atoms with Gasteiger partial charge in [0.05, 0.1) is 23.6 Å². The molecule has 0 fully saturated rings. The number of nitrogens with zero attached hydrogens (tertiary/aromatic N) is 2. The maximum atomic E-state index is 13.6. The highest BCUT2D eigenvalue weighted by atomic mass is 35.5. The Kier molecular flexibility index (Phi) is 8.53. The Labute approximate surface area is 203 Å². The molecule has 0 radical (unpaired) electrons. The van der Waals surface area contributed by atoms with Crippen molar-refractivity contribution >= 4 is 50.0 Å². The zero-order valence-corrected chi connectivity index (χ0v) is 20.6. The molecule has 1 aromatic heterocycles. The minimum atomic E-state index is -4.09. The number of halogens is 2. The molecule has 2 aromatic carbocycles. The van der Waals surface area contributed by atoms with E-state index in [1.54, 1.807) is 37.4 Å². The van der Waals surface area contributed by atoms with Gasteiger partial charge in [-0.05, 0) is 36.2 Å². The second-order valence-corrected chi connectivity index (χ2v) is 10.0. The third-order valence-corrected chi connectivity index (χ3v) is 7.37. The fraction of sp³-hybridized carbons (Fsp3) is 0.304. The fourth-order valence-electron chi connectivity index (χ4n) is 3.14. The van der Waals surface area contributed by atoms with Crippen LogP contribution in [-0.2, 0) is 26.1 Å². The number of methoxy groups -OCH3 is 1. The van der Waals surface area contributed by atoms with Gasteiger partial charge in [-0.25, -0.2) is 13.4 Å². The molecule has 0 N–H and O–H groups in total. The molecule has 0 spiro atoms. The van der Waals surface area contributed by atoms with E-state index in [0.29, 0.717) is 33.5 Å². The van der Waals surface area contributed by atoms with Crippen molar-refractivity contribution in [3.63, 3.8) is 0 Å². The van der Waals surface area contributed by atoms with E-state index in [0.717, 1.165) is 10.7 Å². The van der Waals surface area contributed by atoms with Gasteiger partial charge in [-0.2, -0.15) is 4.31 Å². The average molecular weight is 511 g/mol. The maximum Gasteiger partial charge on any atom is 0.321 e. The lowest BCUT2D eigenvalue weighted by atomic mass is 10.2. The highest BCUT2D eigenvalue weighted by Gasteiger charge is 2.28. The second kappa shape index (κ2) is 11.2. The molecule has 176 valence electrons. The van der Waals surface area contributed by atoms with Crippen molar-refractivity contribution in [2.75, 3.05) is 20.3 Å². The lowest BCUT2D eigenvalue weighted by Gasteiger charge is -2.22. The van der Waals surface area contributed by atoms with E-state index >= 15 is 0 Å². The number of carbonyl (C=O) groups is 1. The monoisotopic (exact) mass is 510 g/mol. The van der Waals surface area contributed by atoms with Crippen LogP contribution < -0.4 is 4.74 Å². The van der Waals surface area contributed by atoms with Crippen molar-refractivity contribution in [1.29, 1.82) is 0 Å². The van der Waals surface area contributed by atoms with Crippen molar-refractivity contribution in [2.45, 2.75) is 31.2 Å². The molecule has 0 saturated heterocycles. The Morgan fingerprint density at radius 1 is 1.09 bits per heavy atom. The molecular formula is C23H24Cl2N2O5S. The molecule has 0 aliphatic heterocycles. The first-order valence-electron chi connectivity index (χ1n) is 10.3. The second-order valence-electron chi connectivity index (χ2n) is 7.30. The summed E-state index contributed by atoms with van der Waals surface area (Å²) < 4.78 is 38.6. The van der Waals surface area contributed by atoms with Crippen LogP contribution in [0.4, 0.5) is 0 Å². The van der Waals surface area contributed by atoms with Gasteiger partial charge in [0.15, 0.2) is 0 Å². The van der Waals surface area contributed by atoms with Crippen molar-refractivity contribution in [1.82, 2.24) is 9.29 Å². The van der Waals surface area contributed by atoms with Crippen molar-refractivity contribution in [3.8, 4) is 5.75 Å². The Morgan fingerprint density at radius 3 is 2.48 bits per heavy atom. The molecule has 0 saturated carbocycles. The number of pyridine rings is 1. The zero-order chi connectivity index (χ0) is 24.0. The number of benzene rings is 2. The molecule has 0 aliphatic carbocycles. The summed E-state index contributed by atoms with van der Waals surface area (Å²) in [5.74, 6) is 0.0183. The van der Waals surface area contributed by atoms with Crippen LogP contribution in [0.1, 0.15) is 25.3 Å². The lowest BCUT2D eigenvalue weighted by molar-refractivity contribution is -0.144. The highest BCUT2D eigenvalue weighted by molar-refractivity contribution is 7.89. The zero-order valence-electron chi connectivity index (χ0n) is 18.3. The van der Waals surface area contributed by atoms with Gasteiger partial charge in [-0.3, -0.25) is 4.79 Å². The summed E-state index contributed by atoms with van der Waals surface area (Å²) in [4.78, 5) is 16.4. The van der Waals surface area contributed by atoms with Gasteiger partial charge < -0.3 is 9.47 Å². The Morgan fingerprint density at radius 2 is 1.82 bits per heavy atom. The minimum absolute atomic E-state index is 0.0316. The number of fused-ring (bicyclic) bond motifs is 1. The van der Waals surface area contributed by atoms with Crippen LogP contribution in [0.5, 0.6) is 5.75 Å². The van der Waals surface area contributed by atoms with E-state index in [1.165, 1.54) is 18.3 Å². The van der Waals surface area contributed by atoms with Gasteiger partial charge in [0.2, 0.25) is 10.0 Å². The largest absolute Gasteiger partial charge is 0.497 e. The number of hydrogen-bond donors (Lipinski definition) is 0. The first-order chi connectivity index (χ1) is 15.8. The molecule has 33 heavy (non-hydrogen) atoms. The summed E-state index contributed by atoms with van der Waals surface area (Å²) >= 11 is 12.3. The van der Waals surface area contributed by atoms with Crippen LogP contribution >= 0.6 is 23.2 Å². The molecule has 3 aromatic rings. The van der Waals surface area contributed by atoms with E-state index in [4.69, 9.17) is 32.7 Å². The molecule has 0 aliphatic rings. The predicted octanol–water partition coefficient (Wildman–Crippen LogP) is 5.08. The van der Waals surface area contributed by atoms with Gasteiger partial charge in [0.25, 0.3) is 0 Å². The first kappa shape index (κ1) is 25.2. The molecular weight excluding hydrogens is 487 g/mol. The average Bonchev–Trinajstić information content (AvgIpc) is 2.81. The molecule has 7 nitrogen and oxygen atoms in total. The van der Waals surface area contributed by atoms with Gasteiger partial charge >= 0.3 is 5.97 Å². The number of sulfonamides is 1. The number of aromatic nitrogens is 1. The SMILES string of the molecule is CCCCOC(=O)CN(Cc1ccc(OC)cc1)S(=O)(=O)c1ccc2c(Cl)cnc(Cl)c2c1. The van der Waals surface area contributed by atoms with Crippen LogP contribution in [0.2, 0.25) is 10.2 Å². The lowest BCUT2D eigenvalue weighted by Crippen LogP contribution is -2.36. The topological polar surface area (TPSA) is 85.8 Å². The molecule has 0 atom stereocenters. The van der Waals surface area contributed by atoms with E-state index in [1.807, 2.05) is 6.92 Å². The quantitative estimate of drug-likeness (QED) is 0.214. The number of unbranched alkanes of at least 4 members (excludes halogenated alkanes) is 1. The van der Waals surface area contributed by atoms with E-state index in [9.17, 15) is 13.2 Å². The molecule has 3 rings (SSSR count). The minimum Gasteiger partial charge on any atom is -0.497 e. The molecule has 1 heterocycles. The van der Waals surface area contributed by atoms with E-state index < -0.39 is 22.5 Å². The van der Waals surface area contributed by atoms with Gasteiger partial charge in [-0.1, -0.05) is 54.7 Å². The van der Waals surface area contributed by atoms with Crippen molar-refractivity contribution in [3.05, 3.63) is 64.4 Å². The summed E-state index contributed by atoms with van der Waals surface area (Å²) in [6.07, 6.45) is 2.96. The maximum absolute atomic E-state index is 13.6. The number of ether oxygens (including phenoxy) is 2. The van der Waals surface area contributed by atoms with Crippen molar-refractivity contribution < 1.29 is 22.7 Å². The standard InChI is InChI=1S/C23H24Cl2N2O5S/c1-3-4-11-32-22(28)15-27(14-16-5-7-17(31-2)8-6-16)33(29,30)18-9-10-19-20(12-18)23(25)26-13-21(19)24/h5-10,12-13H,3-4,11,14-15H2,1-2H3. The van der Waals surface area contributed by atoms with Crippen LogP contribution in [0.25, 0.3) is 10.8 Å². The summed E-state index contributed by atoms with van der Waals surface area (Å²) in [6, 6.07) is 11.4.